The summed E-state index contributed by atoms with van der Waals surface area (Å²) in [5.74, 6) is -0.477. The van der Waals surface area contributed by atoms with Crippen LogP contribution in [0.5, 0.6) is 0 Å². The number of aliphatic hydroxyl groups is 2. The highest BCUT2D eigenvalue weighted by Crippen LogP contribution is 2.43. The lowest BCUT2D eigenvalue weighted by Gasteiger charge is -2.24. The van der Waals surface area contributed by atoms with Crippen molar-refractivity contribution in [2.24, 2.45) is 0 Å². The Morgan fingerprint density at radius 2 is 1.30 bits per heavy atom. The van der Waals surface area contributed by atoms with Gasteiger partial charge in [-0.1, -0.05) is 157 Å². The van der Waals surface area contributed by atoms with Crippen molar-refractivity contribution in [3.05, 3.63) is 85.3 Å². The number of aliphatic hydroxyl groups excluding tert-OH is 2. The van der Waals surface area contributed by atoms with E-state index in [0.29, 0.717) is 30.3 Å². The number of quaternary nitrogens is 1. The number of carbonyl (C=O) groups excluding carboxylic acids is 1. The molecule has 11 heteroatoms. The average molecular weight is 823 g/mol. The van der Waals surface area contributed by atoms with Gasteiger partial charge in [0, 0.05) is 6.42 Å². The van der Waals surface area contributed by atoms with Crippen LogP contribution in [-0.4, -0.2) is 91.4 Å². The Bertz CT molecular complexity index is 1220. The van der Waals surface area contributed by atoms with Crippen LogP contribution in [-0.2, 0) is 27.9 Å². The Morgan fingerprint density at radius 1 is 0.684 bits per heavy atom. The summed E-state index contributed by atoms with van der Waals surface area (Å²) < 4.78 is 34.5. The SMILES string of the molecule is CC/C=C\C[C@H](O)/C=C/C=C\C/C=C\C=C\[C@H](O)/C=C\CCCC(=O)O[C@H](CO/C=C/CCCCCCCCCCCCCC)COP(=O)(O)OCC[N+](C)(C)C. The number of allylic oxidation sites excluding steroid dienone is 9. The quantitative estimate of drug-likeness (QED) is 0.0106. The van der Waals surface area contributed by atoms with Crippen LogP contribution in [0, 0.1) is 0 Å². The van der Waals surface area contributed by atoms with E-state index in [1.807, 2.05) is 75.8 Å². The molecule has 0 aliphatic carbocycles. The van der Waals surface area contributed by atoms with E-state index in [-0.39, 0.29) is 26.2 Å². The minimum Gasteiger partial charge on any atom is -0.498 e. The van der Waals surface area contributed by atoms with E-state index >= 15 is 0 Å². The van der Waals surface area contributed by atoms with Crippen LogP contribution in [0.1, 0.15) is 136 Å². The van der Waals surface area contributed by atoms with E-state index < -0.39 is 32.1 Å². The fourth-order valence-electron chi connectivity index (χ4n) is 5.32. The largest absolute Gasteiger partial charge is 0.498 e. The highest BCUT2D eigenvalue weighted by atomic mass is 31.2. The number of nitrogens with zero attached hydrogens (tertiary/aromatic N) is 1. The lowest BCUT2D eigenvalue weighted by molar-refractivity contribution is -0.870. The Morgan fingerprint density at radius 3 is 1.93 bits per heavy atom. The lowest BCUT2D eigenvalue weighted by Crippen LogP contribution is -2.37. The van der Waals surface area contributed by atoms with Gasteiger partial charge < -0.3 is 29.1 Å². The van der Waals surface area contributed by atoms with E-state index in [0.717, 1.165) is 25.7 Å². The van der Waals surface area contributed by atoms with Gasteiger partial charge in [0.15, 0.2) is 6.10 Å². The van der Waals surface area contributed by atoms with Crippen molar-refractivity contribution in [1.82, 2.24) is 0 Å². The van der Waals surface area contributed by atoms with Gasteiger partial charge in [0.2, 0.25) is 0 Å². The number of likely N-dealkylation sites (N-methyl/N-ethyl adjacent to an activating group) is 1. The van der Waals surface area contributed by atoms with Crippen LogP contribution >= 0.6 is 7.82 Å². The van der Waals surface area contributed by atoms with Crippen LogP contribution in [0.4, 0.5) is 0 Å². The van der Waals surface area contributed by atoms with E-state index in [1.54, 1.807) is 30.6 Å². The first-order valence-electron chi connectivity index (χ1n) is 21.6. The van der Waals surface area contributed by atoms with Crippen molar-refractivity contribution in [3.8, 4) is 0 Å². The molecule has 10 nitrogen and oxygen atoms in total. The molecule has 0 rings (SSSR count). The second-order valence-corrected chi connectivity index (χ2v) is 16.9. The van der Waals surface area contributed by atoms with Gasteiger partial charge in [0.1, 0.15) is 19.8 Å². The zero-order valence-corrected chi connectivity index (χ0v) is 37.2. The van der Waals surface area contributed by atoms with Crippen LogP contribution in [0.2, 0.25) is 0 Å². The third-order valence-electron chi connectivity index (χ3n) is 8.71. The number of rotatable bonds is 38. The number of esters is 1. The van der Waals surface area contributed by atoms with Gasteiger partial charge >= 0.3 is 13.8 Å². The number of unbranched alkanes of at least 4 members (excludes halogenated alkanes) is 13. The first-order chi connectivity index (χ1) is 27.4. The number of hydrogen-bond donors (Lipinski definition) is 3. The molecular weight excluding hydrogens is 741 g/mol. The third kappa shape index (κ3) is 41.4. The number of phosphoric ester groups is 1. The summed E-state index contributed by atoms with van der Waals surface area (Å²) in [6, 6.07) is 0. The minimum atomic E-state index is -4.35. The molecule has 0 radical (unpaired) electrons. The molecule has 4 atom stereocenters. The molecule has 0 aromatic rings. The first-order valence-corrected chi connectivity index (χ1v) is 23.1. The zero-order valence-electron chi connectivity index (χ0n) is 36.3. The summed E-state index contributed by atoms with van der Waals surface area (Å²) in [7, 11) is 1.49. The maximum absolute atomic E-state index is 12.7. The predicted molar refractivity (Wildman–Crippen MR) is 236 cm³/mol. The van der Waals surface area contributed by atoms with Crippen molar-refractivity contribution >= 4 is 13.8 Å². The predicted octanol–water partition coefficient (Wildman–Crippen LogP) is 10.8. The lowest BCUT2D eigenvalue weighted by atomic mass is 10.0. The molecule has 0 aromatic carbocycles. The summed E-state index contributed by atoms with van der Waals surface area (Å²) in [6.07, 6.45) is 43.6. The van der Waals surface area contributed by atoms with Gasteiger partial charge in [0.05, 0.1) is 46.2 Å². The van der Waals surface area contributed by atoms with Crippen molar-refractivity contribution in [3.63, 3.8) is 0 Å². The molecule has 0 saturated carbocycles. The maximum atomic E-state index is 12.7. The minimum absolute atomic E-state index is 0.0267. The van der Waals surface area contributed by atoms with Gasteiger partial charge in [-0.3, -0.25) is 13.8 Å². The summed E-state index contributed by atoms with van der Waals surface area (Å²) in [4.78, 5) is 22.8. The fraction of sp³-hybridized carbons (Fsp3) is 0.674. The highest BCUT2D eigenvalue weighted by Gasteiger charge is 2.26. The Balaban J connectivity index is 4.59. The monoisotopic (exact) mass is 823 g/mol. The van der Waals surface area contributed by atoms with Gasteiger partial charge in [-0.2, -0.15) is 0 Å². The molecule has 0 aromatic heterocycles. The smallest absolute Gasteiger partial charge is 0.472 e. The van der Waals surface area contributed by atoms with E-state index in [1.165, 1.54) is 70.6 Å². The second kappa shape index (κ2) is 37.7. The molecule has 0 aliphatic heterocycles. The fourth-order valence-corrected chi connectivity index (χ4v) is 6.06. The molecule has 0 heterocycles. The van der Waals surface area contributed by atoms with Crippen LogP contribution in [0.25, 0.3) is 0 Å². The Labute approximate surface area is 347 Å². The normalized spacial score (nSPS) is 15.6. The zero-order chi connectivity index (χ0) is 42.3. The van der Waals surface area contributed by atoms with Gasteiger partial charge in [-0.15, -0.1) is 0 Å². The molecular formula is C46H81NO9P+. The van der Waals surface area contributed by atoms with Crippen molar-refractivity contribution in [2.75, 3.05) is 47.5 Å². The topological polar surface area (TPSA) is 132 Å². The van der Waals surface area contributed by atoms with Crippen molar-refractivity contribution in [1.29, 1.82) is 0 Å². The Kier molecular flexibility index (Phi) is 36.0. The molecule has 0 saturated heterocycles. The molecule has 1 unspecified atom stereocenters. The first kappa shape index (κ1) is 54.4. The van der Waals surface area contributed by atoms with E-state index in [4.69, 9.17) is 18.5 Å². The van der Waals surface area contributed by atoms with Crippen LogP contribution in [0.15, 0.2) is 85.3 Å². The molecule has 0 amide bonds. The highest BCUT2D eigenvalue weighted by molar-refractivity contribution is 7.47. The molecule has 3 N–H and O–H groups in total. The Hall–Kier alpha value is -2.56. The number of hydrogen-bond acceptors (Lipinski definition) is 8. The number of carbonyl (C=O) groups is 1. The van der Waals surface area contributed by atoms with Crippen molar-refractivity contribution in [2.45, 2.75) is 154 Å². The van der Waals surface area contributed by atoms with Crippen molar-refractivity contribution < 1.29 is 47.5 Å². The number of phosphoric acid groups is 1. The molecule has 328 valence electrons. The van der Waals surface area contributed by atoms with E-state index in [9.17, 15) is 24.5 Å². The maximum Gasteiger partial charge on any atom is 0.472 e. The van der Waals surface area contributed by atoms with Gasteiger partial charge in [0.25, 0.3) is 0 Å². The molecule has 0 spiro atoms. The van der Waals surface area contributed by atoms with Gasteiger partial charge in [-0.05, 0) is 51.0 Å². The molecule has 0 fully saturated rings. The van der Waals surface area contributed by atoms with Gasteiger partial charge in [-0.25, -0.2) is 4.57 Å². The second-order valence-electron chi connectivity index (χ2n) is 15.5. The summed E-state index contributed by atoms with van der Waals surface area (Å²) in [5.41, 5.74) is 0. The average Bonchev–Trinajstić information content (AvgIpc) is 3.15. The molecule has 0 aliphatic rings. The third-order valence-corrected chi connectivity index (χ3v) is 9.69. The summed E-state index contributed by atoms with van der Waals surface area (Å²) in [5, 5.41) is 20.0. The van der Waals surface area contributed by atoms with Crippen LogP contribution in [0.3, 0.4) is 0 Å². The summed E-state index contributed by atoms with van der Waals surface area (Å²) >= 11 is 0. The standard InChI is InChI=1S/C46H80NO9P/c1-6-8-10-11-12-13-14-15-16-17-18-22-25-32-39-53-41-45(42-55-57(51,52)54-40-38-47(3,4)5)56-46(50)37-31-26-30-36-44(49)35-29-24-21-19-20-23-28-34-43(48)33-27-9-7-2/h9,20-21,23-24,27-30,32,34-36,39,43-45,48-49H,6-8,10-19,22,25-26,31,33,37-38,40-42H2,1-5H3/p+1/b23-20-,24-21-,27-9-,34-28+,35-29+,36-30-,39-32+/t43-,44-,45+/m0/s1. The summed E-state index contributed by atoms with van der Waals surface area (Å²) in [6.45, 7) is 4.49. The number of ether oxygens (including phenoxy) is 2. The van der Waals surface area contributed by atoms with Crippen LogP contribution < -0.4 is 0 Å². The van der Waals surface area contributed by atoms with E-state index in [2.05, 4.69) is 13.8 Å². The molecule has 0 bridgehead atoms. The molecule has 57 heavy (non-hydrogen) atoms.